The van der Waals surface area contributed by atoms with Gasteiger partial charge in [0, 0.05) is 23.9 Å². The Bertz CT molecular complexity index is 317. The summed E-state index contributed by atoms with van der Waals surface area (Å²) in [6, 6.07) is 1.71. The fourth-order valence-electron chi connectivity index (χ4n) is 0.787. The van der Waals surface area contributed by atoms with Crippen molar-refractivity contribution in [2.75, 3.05) is 14.2 Å². The maximum Gasteiger partial charge on any atom is 0.279 e. The molecule has 0 fully saturated rings. The quantitative estimate of drug-likeness (QED) is 0.741. The van der Waals surface area contributed by atoms with Gasteiger partial charge < -0.3 is 0 Å². The third-order valence-corrected chi connectivity index (χ3v) is 2.25. The Hall–Kier alpha value is -0.940. The summed E-state index contributed by atoms with van der Waals surface area (Å²) < 4.78 is 0.705. The van der Waals surface area contributed by atoms with Crippen molar-refractivity contribution in [2.24, 2.45) is 0 Å². The van der Waals surface area contributed by atoms with Gasteiger partial charge in [0.05, 0.1) is 12.7 Å². The molecule has 0 spiro atoms. The predicted molar refractivity (Wildman–Crippen MR) is 51.0 cm³/mol. The molecule has 0 saturated carbocycles. The lowest BCUT2D eigenvalue weighted by atomic mass is 10.3. The summed E-state index contributed by atoms with van der Waals surface area (Å²) in [7, 11) is 2.98. The molecule has 0 saturated heterocycles. The van der Waals surface area contributed by atoms with Crippen molar-refractivity contribution < 1.29 is 9.63 Å². The van der Waals surface area contributed by atoms with Crippen LogP contribution >= 0.6 is 15.9 Å². The lowest BCUT2D eigenvalue weighted by molar-refractivity contribution is -0.0757. The van der Waals surface area contributed by atoms with Crippen molar-refractivity contribution in [2.45, 2.75) is 0 Å². The molecule has 70 valence electrons. The van der Waals surface area contributed by atoms with E-state index in [1.165, 1.54) is 13.3 Å². The molecule has 1 heterocycles. The average Bonchev–Trinajstić information content (AvgIpc) is 2.16. The van der Waals surface area contributed by atoms with Gasteiger partial charge in [0.2, 0.25) is 0 Å². The van der Waals surface area contributed by atoms with Crippen LogP contribution in [0.2, 0.25) is 0 Å². The molecule has 0 aromatic carbocycles. The van der Waals surface area contributed by atoms with Gasteiger partial charge >= 0.3 is 0 Å². The second-order valence-corrected chi connectivity index (χ2v) is 3.20. The first-order valence-corrected chi connectivity index (χ1v) is 4.37. The van der Waals surface area contributed by atoms with Crippen molar-refractivity contribution in [1.29, 1.82) is 0 Å². The zero-order valence-electron chi connectivity index (χ0n) is 7.32. The Morgan fingerprint density at radius 1 is 1.69 bits per heavy atom. The Morgan fingerprint density at radius 3 is 2.92 bits per heavy atom. The van der Waals surface area contributed by atoms with E-state index in [9.17, 15) is 4.79 Å². The maximum absolute atomic E-state index is 11.5. The number of hydrogen-bond donors (Lipinski definition) is 0. The second-order valence-electron chi connectivity index (χ2n) is 2.34. The molecular weight excluding hydrogens is 236 g/mol. The number of carbonyl (C=O) groups excluding carboxylic acids is 1. The van der Waals surface area contributed by atoms with Crippen molar-refractivity contribution >= 4 is 21.8 Å². The molecule has 0 radical (unpaired) electrons. The number of amides is 1. The smallest absolute Gasteiger partial charge is 0.274 e. The molecule has 0 aliphatic carbocycles. The first-order chi connectivity index (χ1) is 6.16. The van der Waals surface area contributed by atoms with Crippen LogP contribution in [0.5, 0.6) is 0 Å². The Labute approximate surface area is 84.6 Å². The van der Waals surface area contributed by atoms with Crippen LogP contribution < -0.4 is 0 Å². The zero-order chi connectivity index (χ0) is 9.84. The highest BCUT2D eigenvalue weighted by atomic mass is 79.9. The van der Waals surface area contributed by atoms with Crippen molar-refractivity contribution in [3.05, 3.63) is 28.5 Å². The molecule has 0 unspecified atom stereocenters. The van der Waals surface area contributed by atoms with Gasteiger partial charge in [-0.2, -0.15) is 0 Å². The molecular formula is C8H9BrN2O2. The lowest BCUT2D eigenvalue weighted by Crippen LogP contribution is -2.25. The van der Waals surface area contributed by atoms with E-state index in [0.29, 0.717) is 10.0 Å². The van der Waals surface area contributed by atoms with Gasteiger partial charge in [0.1, 0.15) is 0 Å². The van der Waals surface area contributed by atoms with Crippen LogP contribution in [0.15, 0.2) is 22.9 Å². The van der Waals surface area contributed by atoms with E-state index in [1.54, 1.807) is 19.3 Å². The standard InChI is InChI=1S/C8H9BrN2O2/c1-11(13-2)8(12)6-5-10-4-3-7(6)9/h3-5H,1-2H3. The minimum atomic E-state index is -0.234. The van der Waals surface area contributed by atoms with E-state index in [0.717, 1.165) is 5.06 Å². The molecule has 0 bridgehead atoms. The zero-order valence-corrected chi connectivity index (χ0v) is 8.91. The molecule has 0 N–H and O–H groups in total. The molecule has 1 rings (SSSR count). The average molecular weight is 245 g/mol. The molecule has 5 heteroatoms. The van der Waals surface area contributed by atoms with Gasteiger partial charge in [-0.05, 0) is 22.0 Å². The molecule has 0 aliphatic heterocycles. The Balaban J connectivity index is 2.95. The highest BCUT2D eigenvalue weighted by Crippen LogP contribution is 2.15. The van der Waals surface area contributed by atoms with Crippen LogP contribution in [0.25, 0.3) is 0 Å². The van der Waals surface area contributed by atoms with Crippen LogP contribution in [-0.2, 0) is 4.84 Å². The second kappa shape index (κ2) is 4.34. The number of carbonyl (C=O) groups is 1. The van der Waals surface area contributed by atoms with E-state index in [-0.39, 0.29) is 5.91 Å². The number of hydroxylamine groups is 2. The van der Waals surface area contributed by atoms with Gasteiger partial charge in [-0.15, -0.1) is 0 Å². The number of nitrogens with zero attached hydrogens (tertiary/aromatic N) is 2. The number of rotatable bonds is 2. The summed E-state index contributed by atoms with van der Waals surface area (Å²) in [6.07, 6.45) is 3.09. The molecule has 1 amide bonds. The topological polar surface area (TPSA) is 42.4 Å². The molecule has 13 heavy (non-hydrogen) atoms. The molecule has 4 nitrogen and oxygen atoms in total. The number of halogens is 1. The highest BCUT2D eigenvalue weighted by molar-refractivity contribution is 9.10. The molecule has 0 atom stereocenters. The van der Waals surface area contributed by atoms with Crippen LogP contribution in [0.1, 0.15) is 10.4 Å². The minimum absolute atomic E-state index is 0.234. The monoisotopic (exact) mass is 244 g/mol. The lowest BCUT2D eigenvalue weighted by Gasteiger charge is -2.13. The largest absolute Gasteiger partial charge is 0.279 e. The summed E-state index contributed by atoms with van der Waals surface area (Å²) in [6.45, 7) is 0. The summed E-state index contributed by atoms with van der Waals surface area (Å²) in [4.78, 5) is 20.1. The van der Waals surface area contributed by atoms with Crippen LogP contribution in [0.3, 0.4) is 0 Å². The normalized spacial score (nSPS) is 9.77. The fourth-order valence-corrected chi connectivity index (χ4v) is 1.18. The van der Waals surface area contributed by atoms with Crippen LogP contribution in [0.4, 0.5) is 0 Å². The van der Waals surface area contributed by atoms with Crippen molar-refractivity contribution in [1.82, 2.24) is 10.0 Å². The Morgan fingerprint density at radius 2 is 2.38 bits per heavy atom. The third-order valence-electron chi connectivity index (χ3n) is 1.56. The summed E-state index contributed by atoms with van der Waals surface area (Å²) in [5, 5.41) is 1.14. The van der Waals surface area contributed by atoms with Gasteiger partial charge in [0.25, 0.3) is 5.91 Å². The van der Waals surface area contributed by atoms with E-state index in [4.69, 9.17) is 4.84 Å². The van der Waals surface area contributed by atoms with E-state index >= 15 is 0 Å². The summed E-state index contributed by atoms with van der Waals surface area (Å²) in [5.41, 5.74) is 0.479. The molecule has 1 aromatic heterocycles. The summed E-state index contributed by atoms with van der Waals surface area (Å²) >= 11 is 3.25. The number of aromatic nitrogens is 1. The Kier molecular flexibility index (Phi) is 3.39. The maximum atomic E-state index is 11.5. The van der Waals surface area contributed by atoms with Gasteiger partial charge in [-0.1, -0.05) is 0 Å². The SMILES string of the molecule is CON(C)C(=O)c1cnccc1Br. The predicted octanol–water partition coefficient (Wildman–Crippen LogP) is 1.48. The van der Waals surface area contributed by atoms with Gasteiger partial charge in [-0.25, -0.2) is 5.06 Å². The summed E-state index contributed by atoms with van der Waals surface area (Å²) in [5.74, 6) is -0.234. The first kappa shape index (κ1) is 10.1. The first-order valence-electron chi connectivity index (χ1n) is 3.58. The van der Waals surface area contributed by atoms with Crippen molar-refractivity contribution in [3.8, 4) is 0 Å². The van der Waals surface area contributed by atoms with Crippen LogP contribution in [-0.4, -0.2) is 30.1 Å². The van der Waals surface area contributed by atoms with Gasteiger partial charge in [-0.3, -0.25) is 14.6 Å². The van der Waals surface area contributed by atoms with Crippen molar-refractivity contribution in [3.63, 3.8) is 0 Å². The van der Waals surface area contributed by atoms with Crippen LogP contribution in [0, 0.1) is 0 Å². The third kappa shape index (κ3) is 2.26. The molecule has 1 aromatic rings. The van der Waals surface area contributed by atoms with E-state index in [1.807, 2.05) is 0 Å². The highest BCUT2D eigenvalue weighted by Gasteiger charge is 2.13. The number of pyridine rings is 1. The van der Waals surface area contributed by atoms with Gasteiger partial charge in [0.15, 0.2) is 0 Å². The fraction of sp³-hybridized carbons (Fsp3) is 0.250. The number of hydrogen-bond acceptors (Lipinski definition) is 3. The minimum Gasteiger partial charge on any atom is -0.274 e. The van der Waals surface area contributed by atoms with E-state index in [2.05, 4.69) is 20.9 Å². The molecule has 0 aliphatic rings. The van der Waals surface area contributed by atoms with E-state index < -0.39 is 0 Å².